The number of thioether (sulfide) groups is 1. The van der Waals surface area contributed by atoms with Crippen molar-refractivity contribution in [2.45, 2.75) is 30.0 Å². The molecule has 1 fully saturated rings. The summed E-state index contributed by atoms with van der Waals surface area (Å²) < 4.78 is 17.0. The molecule has 10 nitrogen and oxygen atoms in total. The van der Waals surface area contributed by atoms with E-state index in [1.807, 2.05) is 38.1 Å². The number of anilines is 2. The fourth-order valence-electron chi connectivity index (χ4n) is 5.51. The summed E-state index contributed by atoms with van der Waals surface area (Å²) in [6, 6.07) is 19.5. The van der Waals surface area contributed by atoms with Gasteiger partial charge in [-0.15, -0.1) is 0 Å². The van der Waals surface area contributed by atoms with Gasteiger partial charge in [-0.25, -0.2) is 4.90 Å². The number of para-hydroxylation sites is 1. The van der Waals surface area contributed by atoms with E-state index in [4.69, 9.17) is 14.2 Å². The Labute approximate surface area is 261 Å². The second-order valence-corrected chi connectivity index (χ2v) is 12.4. The van der Waals surface area contributed by atoms with Crippen LogP contribution in [0.3, 0.4) is 0 Å². The van der Waals surface area contributed by atoms with E-state index in [2.05, 4.69) is 10.3 Å². The van der Waals surface area contributed by atoms with Crippen LogP contribution in [0.2, 0.25) is 0 Å². The number of aromatic amines is 1. The molecule has 2 N–H and O–H groups in total. The Hall–Kier alpha value is -4.55. The zero-order valence-corrected chi connectivity index (χ0v) is 25.8. The quantitative estimate of drug-likeness (QED) is 0.248. The monoisotopic (exact) mass is 631 g/mol. The number of nitrogens with zero attached hydrogens (tertiary/aromatic N) is 1. The molecule has 0 saturated carbocycles. The van der Waals surface area contributed by atoms with Gasteiger partial charge in [0.15, 0.2) is 18.1 Å². The largest absolute Gasteiger partial charge is 0.497 e. The number of fused-ring (bicyclic) bond motifs is 2. The highest BCUT2D eigenvalue weighted by molar-refractivity contribution is 8.00. The van der Waals surface area contributed by atoms with Crippen molar-refractivity contribution in [1.82, 2.24) is 4.98 Å². The second-order valence-electron chi connectivity index (χ2n) is 10.3. The number of nitrogens with one attached hydrogen (secondary N) is 2. The first kappa shape index (κ1) is 29.5. The lowest BCUT2D eigenvalue weighted by Crippen LogP contribution is -2.32. The summed E-state index contributed by atoms with van der Waals surface area (Å²) in [5, 5.41) is 2.69. The van der Waals surface area contributed by atoms with Gasteiger partial charge in [0.05, 0.1) is 30.3 Å². The molecule has 1 aromatic heterocycles. The van der Waals surface area contributed by atoms with E-state index in [1.165, 1.54) is 16.7 Å². The number of carbonyl (C=O) groups excluding carboxylic acids is 3. The number of methoxy groups -OCH3 is 1. The second kappa shape index (κ2) is 12.2. The lowest BCUT2D eigenvalue weighted by atomic mass is 9.83. The van der Waals surface area contributed by atoms with Crippen LogP contribution in [0.4, 0.5) is 11.4 Å². The van der Waals surface area contributed by atoms with Crippen molar-refractivity contribution in [3.63, 3.8) is 0 Å². The van der Waals surface area contributed by atoms with Crippen LogP contribution in [0.15, 0.2) is 76.6 Å². The van der Waals surface area contributed by atoms with Gasteiger partial charge in [0.25, 0.3) is 5.91 Å². The molecule has 0 spiro atoms. The third-order valence-corrected chi connectivity index (χ3v) is 9.96. The highest BCUT2D eigenvalue weighted by atomic mass is 32.2. The van der Waals surface area contributed by atoms with Gasteiger partial charge in [-0.05, 0) is 67.4 Å². The molecule has 226 valence electrons. The molecule has 2 aliphatic heterocycles. The molecule has 3 amide bonds. The molecular formula is C32H29N3O7S2. The van der Waals surface area contributed by atoms with E-state index in [-0.39, 0.29) is 29.2 Å². The topological polar surface area (TPSA) is 127 Å². The maximum Gasteiger partial charge on any atom is 0.305 e. The van der Waals surface area contributed by atoms with Gasteiger partial charge in [0.2, 0.25) is 11.8 Å². The number of carbonyl (C=O) groups is 3. The average molecular weight is 632 g/mol. The van der Waals surface area contributed by atoms with E-state index in [9.17, 15) is 19.2 Å². The minimum absolute atomic E-state index is 0.244. The number of hydrogen-bond donors (Lipinski definition) is 2. The minimum atomic E-state index is -0.755. The number of rotatable bonds is 9. The zero-order valence-electron chi connectivity index (χ0n) is 24.1. The lowest BCUT2D eigenvalue weighted by Gasteiger charge is -2.30. The third-order valence-electron chi connectivity index (χ3n) is 7.56. The Morgan fingerprint density at radius 3 is 2.48 bits per heavy atom. The van der Waals surface area contributed by atoms with Crippen LogP contribution in [0, 0.1) is 12.8 Å². The smallest absolute Gasteiger partial charge is 0.305 e. The number of ether oxygens (including phenoxy) is 3. The molecule has 2 aliphatic rings. The molecule has 1 saturated heterocycles. The van der Waals surface area contributed by atoms with E-state index >= 15 is 0 Å². The van der Waals surface area contributed by atoms with E-state index in [1.54, 1.807) is 49.6 Å². The minimum Gasteiger partial charge on any atom is -0.497 e. The maximum absolute atomic E-state index is 14.0. The standard InChI is InChI=1S/C32H29N3O7S2/c1-4-41-23-15-18(9-14-22(23)42-16-24(36)33-21-8-6-5-7-17(21)2)25-26-28(43-29-27(25)44-32(39)34-29)31(38)35(30(26)37)19-10-12-20(40-3)13-11-19/h5-15,25-26,28H,4,16H2,1-3H3,(H,33,36)(H,34,39). The molecule has 3 heterocycles. The van der Waals surface area contributed by atoms with Crippen molar-refractivity contribution in [3.8, 4) is 17.2 Å². The van der Waals surface area contributed by atoms with Gasteiger partial charge in [-0.1, -0.05) is 47.4 Å². The first-order chi connectivity index (χ1) is 21.3. The molecular weight excluding hydrogens is 603 g/mol. The Bertz CT molecular complexity index is 1800. The Balaban J connectivity index is 1.31. The molecule has 0 radical (unpaired) electrons. The Morgan fingerprint density at radius 2 is 1.75 bits per heavy atom. The van der Waals surface area contributed by atoms with Gasteiger partial charge >= 0.3 is 4.87 Å². The maximum atomic E-state index is 14.0. The molecule has 3 atom stereocenters. The average Bonchev–Trinajstić information content (AvgIpc) is 3.51. The summed E-state index contributed by atoms with van der Waals surface area (Å²) in [7, 11) is 1.54. The van der Waals surface area contributed by atoms with Crippen molar-refractivity contribution in [3.05, 3.63) is 92.4 Å². The molecule has 12 heteroatoms. The van der Waals surface area contributed by atoms with Crippen LogP contribution in [-0.2, 0) is 14.4 Å². The molecule has 0 bridgehead atoms. The van der Waals surface area contributed by atoms with Crippen molar-refractivity contribution in [2.75, 3.05) is 30.5 Å². The first-order valence-electron chi connectivity index (χ1n) is 14.0. The molecule has 0 aliphatic carbocycles. The summed E-state index contributed by atoms with van der Waals surface area (Å²) in [6.07, 6.45) is 0. The Kier molecular flexibility index (Phi) is 8.19. The van der Waals surface area contributed by atoms with E-state index in [0.717, 1.165) is 16.9 Å². The van der Waals surface area contributed by atoms with Gasteiger partial charge in [-0.2, -0.15) is 0 Å². The first-order valence-corrected chi connectivity index (χ1v) is 15.6. The predicted octanol–water partition coefficient (Wildman–Crippen LogP) is 4.97. The van der Waals surface area contributed by atoms with Crippen LogP contribution in [-0.4, -0.2) is 48.3 Å². The van der Waals surface area contributed by atoms with Gasteiger partial charge in [-0.3, -0.25) is 19.2 Å². The number of benzene rings is 3. The predicted molar refractivity (Wildman–Crippen MR) is 168 cm³/mol. The van der Waals surface area contributed by atoms with Gasteiger partial charge < -0.3 is 24.5 Å². The van der Waals surface area contributed by atoms with Crippen LogP contribution in [0.1, 0.15) is 28.8 Å². The van der Waals surface area contributed by atoms with Crippen LogP contribution >= 0.6 is 23.1 Å². The third kappa shape index (κ3) is 5.46. The van der Waals surface area contributed by atoms with E-state index in [0.29, 0.717) is 50.7 Å². The van der Waals surface area contributed by atoms with E-state index < -0.39 is 17.1 Å². The highest BCUT2D eigenvalue weighted by Crippen LogP contribution is 2.53. The normalized spacial score (nSPS) is 18.9. The van der Waals surface area contributed by atoms with Crippen LogP contribution in [0.5, 0.6) is 17.2 Å². The summed E-state index contributed by atoms with van der Waals surface area (Å²) in [6.45, 7) is 3.82. The molecule has 3 aromatic carbocycles. The van der Waals surface area contributed by atoms with Crippen molar-refractivity contribution in [2.24, 2.45) is 5.92 Å². The Morgan fingerprint density at radius 1 is 0.977 bits per heavy atom. The lowest BCUT2D eigenvalue weighted by molar-refractivity contribution is -0.122. The summed E-state index contributed by atoms with van der Waals surface area (Å²) in [5.74, 6) is -1.01. The number of aromatic nitrogens is 1. The summed E-state index contributed by atoms with van der Waals surface area (Å²) in [4.78, 5) is 57.3. The number of imide groups is 1. The number of amides is 3. The van der Waals surface area contributed by atoms with Crippen LogP contribution < -0.4 is 29.3 Å². The number of aryl methyl sites for hydroxylation is 1. The fourth-order valence-corrected chi connectivity index (χ4v) is 8.03. The number of H-pyrrole nitrogens is 1. The highest BCUT2D eigenvalue weighted by Gasteiger charge is 2.56. The van der Waals surface area contributed by atoms with Crippen molar-refractivity contribution in [1.29, 1.82) is 0 Å². The SMILES string of the molecule is CCOc1cc(C2c3sc(=O)[nH]c3SC3C(=O)N(c4ccc(OC)cc4)C(=O)C32)ccc1OCC(=O)Nc1ccccc1C. The molecule has 6 rings (SSSR count). The molecule has 44 heavy (non-hydrogen) atoms. The van der Waals surface area contributed by atoms with Gasteiger partial charge in [0, 0.05) is 16.5 Å². The number of hydrogen-bond acceptors (Lipinski definition) is 9. The van der Waals surface area contributed by atoms with Gasteiger partial charge in [0.1, 0.15) is 11.0 Å². The summed E-state index contributed by atoms with van der Waals surface area (Å²) >= 11 is 2.24. The summed E-state index contributed by atoms with van der Waals surface area (Å²) in [5.41, 5.74) is 2.77. The molecule has 3 unspecified atom stereocenters. The fraction of sp³-hybridized carbons (Fsp3) is 0.250. The zero-order chi connectivity index (χ0) is 31.0. The number of thiazole rings is 1. The van der Waals surface area contributed by atoms with Crippen molar-refractivity contribution < 1.29 is 28.6 Å². The molecule has 4 aromatic rings. The van der Waals surface area contributed by atoms with Crippen molar-refractivity contribution >= 4 is 52.2 Å². The van der Waals surface area contributed by atoms with Crippen LogP contribution in [0.25, 0.3) is 0 Å².